The summed E-state index contributed by atoms with van der Waals surface area (Å²) in [4.78, 5) is 28.1. The zero-order valence-corrected chi connectivity index (χ0v) is 14.3. The number of benzene rings is 1. The molecule has 0 unspecified atom stereocenters. The van der Waals surface area contributed by atoms with E-state index in [4.69, 9.17) is 11.6 Å². The van der Waals surface area contributed by atoms with Crippen LogP contribution in [0.2, 0.25) is 5.02 Å². The number of nitrogens with one attached hydrogen (secondary N) is 2. The van der Waals surface area contributed by atoms with Crippen molar-refractivity contribution in [1.29, 1.82) is 0 Å². The van der Waals surface area contributed by atoms with Crippen LogP contribution in [-0.4, -0.2) is 28.8 Å². The first-order chi connectivity index (χ1) is 10.8. The van der Waals surface area contributed by atoms with E-state index in [2.05, 4.69) is 15.6 Å². The largest absolute Gasteiger partial charge is 0.326 e. The molecule has 0 aliphatic carbocycles. The van der Waals surface area contributed by atoms with Crippen LogP contribution in [0.3, 0.4) is 0 Å². The van der Waals surface area contributed by atoms with E-state index < -0.39 is 11.1 Å². The van der Waals surface area contributed by atoms with Gasteiger partial charge in [0.2, 0.25) is 11.8 Å². The van der Waals surface area contributed by atoms with Crippen molar-refractivity contribution in [3.05, 3.63) is 29.0 Å². The van der Waals surface area contributed by atoms with Crippen LogP contribution >= 0.6 is 23.4 Å². The van der Waals surface area contributed by atoms with Crippen molar-refractivity contribution in [2.24, 2.45) is 10.9 Å². The average Bonchev–Trinajstić information content (AvgIpc) is 2.81. The Hall–Kier alpha value is -1.60. The Morgan fingerprint density at radius 2 is 2.26 bits per heavy atom. The molecule has 0 bridgehead atoms. The van der Waals surface area contributed by atoms with E-state index in [-0.39, 0.29) is 23.3 Å². The van der Waals surface area contributed by atoms with Gasteiger partial charge in [-0.15, -0.1) is 0 Å². The number of hydrogen-bond acceptors (Lipinski definition) is 4. The molecule has 5 nitrogen and oxygen atoms in total. The second kappa shape index (κ2) is 7.79. The lowest BCUT2D eigenvalue weighted by Crippen LogP contribution is -2.28. The third kappa shape index (κ3) is 5.21. The van der Waals surface area contributed by atoms with Crippen LogP contribution in [0.25, 0.3) is 0 Å². The Kier molecular flexibility index (Phi) is 6.01. The van der Waals surface area contributed by atoms with E-state index in [9.17, 15) is 14.0 Å². The van der Waals surface area contributed by atoms with Crippen molar-refractivity contribution in [2.75, 3.05) is 11.9 Å². The normalized spacial score (nSPS) is 19.3. The maximum absolute atomic E-state index is 13.1. The molecule has 0 aromatic heterocycles. The highest BCUT2D eigenvalue weighted by atomic mass is 35.5. The van der Waals surface area contributed by atoms with Gasteiger partial charge in [-0.05, 0) is 24.1 Å². The monoisotopic (exact) mass is 357 g/mol. The SMILES string of the molecule is CC(C)CN=C1NC(=O)[C@H](CC(=O)Nc2ccc(F)c(Cl)c2)S1. The number of nitrogens with zero attached hydrogens (tertiary/aromatic N) is 1. The fourth-order valence-corrected chi connectivity index (χ4v) is 2.99. The van der Waals surface area contributed by atoms with Gasteiger partial charge in [0.15, 0.2) is 5.17 Å². The van der Waals surface area contributed by atoms with Crippen LogP contribution < -0.4 is 10.6 Å². The second-order valence-electron chi connectivity index (χ2n) is 5.52. The molecule has 0 radical (unpaired) electrons. The molecule has 1 fully saturated rings. The van der Waals surface area contributed by atoms with Gasteiger partial charge >= 0.3 is 0 Å². The number of amidine groups is 1. The first-order valence-corrected chi connectivity index (χ1v) is 8.37. The van der Waals surface area contributed by atoms with Gasteiger partial charge in [-0.2, -0.15) is 0 Å². The summed E-state index contributed by atoms with van der Waals surface area (Å²) in [5, 5.41) is 5.23. The van der Waals surface area contributed by atoms with Crippen LogP contribution in [0, 0.1) is 11.7 Å². The van der Waals surface area contributed by atoms with Crippen molar-refractivity contribution in [2.45, 2.75) is 25.5 Å². The summed E-state index contributed by atoms with van der Waals surface area (Å²) in [6.07, 6.45) is 0.00614. The molecule has 0 spiro atoms. The van der Waals surface area contributed by atoms with Gasteiger partial charge in [-0.3, -0.25) is 14.6 Å². The molecule has 2 N–H and O–H groups in total. The number of hydrogen-bond donors (Lipinski definition) is 2. The van der Waals surface area contributed by atoms with Crippen LogP contribution in [0.4, 0.5) is 10.1 Å². The van der Waals surface area contributed by atoms with E-state index >= 15 is 0 Å². The molecule has 2 amide bonds. The minimum atomic E-state index is -0.554. The van der Waals surface area contributed by atoms with E-state index in [1.165, 1.54) is 30.0 Å². The maximum atomic E-state index is 13.1. The van der Waals surface area contributed by atoms with E-state index in [1.54, 1.807) is 0 Å². The number of halogens is 2. The van der Waals surface area contributed by atoms with Gasteiger partial charge in [-0.1, -0.05) is 37.2 Å². The van der Waals surface area contributed by atoms with E-state index in [0.29, 0.717) is 23.3 Å². The van der Waals surface area contributed by atoms with Gasteiger partial charge in [0.25, 0.3) is 0 Å². The summed E-state index contributed by atoms with van der Waals surface area (Å²) in [6.45, 7) is 4.68. The fraction of sp³-hybridized carbons (Fsp3) is 0.400. The minimum Gasteiger partial charge on any atom is -0.326 e. The van der Waals surface area contributed by atoms with Gasteiger partial charge in [0.05, 0.1) is 5.02 Å². The molecule has 1 heterocycles. The molecule has 124 valence electrons. The highest BCUT2D eigenvalue weighted by Crippen LogP contribution is 2.24. The number of aliphatic imine (C=N–C) groups is 1. The molecule has 1 aliphatic rings. The van der Waals surface area contributed by atoms with Gasteiger partial charge in [-0.25, -0.2) is 4.39 Å². The smallest absolute Gasteiger partial charge is 0.240 e. The second-order valence-corrected chi connectivity index (χ2v) is 7.12. The third-order valence-electron chi connectivity index (χ3n) is 2.95. The van der Waals surface area contributed by atoms with Crippen molar-refractivity contribution in [3.63, 3.8) is 0 Å². The van der Waals surface area contributed by atoms with Crippen LogP contribution in [0.15, 0.2) is 23.2 Å². The molecule has 1 saturated heterocycles. The fourth-order valence-electron chi connectivity index (χ4n) is 1.83. The first kappa shape index (κ1) is 17.7. The highest BCUT2D eigenvalue weighted by molar-refractivity contribution is 8.15. The maximum Gasteiger partial charge on any atom is 0.240 e. The zero-order valence-electron chi connectivity index (χ0n) is 12.7. The molecule has 2 rings (SSSR count). The van der Waals surface area contributed by atoms with Crippen LogP contribution in [-0.2, 0) is 9.59 Å². The summed E-state index contributed by atoms with van der Waals surface area (Å²) in [5.41, 5.74) is 0.388. The molecular formula is C15H17ClFN3O2S. The molecule has 1 aromatic carbocycles. The third-order valence-corrected chi connectivity index (χ3v) is 4.36. The minimum absolute atomic E-state index is 0.00614. The first-order valence-electron chi connectivity index (χ1n) is 7.12. The lowest BCUT2D eigenvalue weighted by atomic mass is 10.2. The summed E-state index contributed by atoms with van der Waals surface area (Å²) in [7, 11) is 0. The Labute approximate surface area is 143 Å². The molecule has 1 atom stereocenters. The number of carbonyl (C=O) groups excluding carboxylic acids is 2. The van der Waals surface area contributed by atoms with Crippen molar-refractivity contribution < 1.29 is 14.0 Å². The number of thioether (sulfide) groups is 1. The van der Waals surface area contributed by atoms with Crippen molar-refractivity contribution in [3.8, 4) is 0 Å². The van der Waals surface area contributed by atoms with Gasteiger partial charge < -0.3 is 10.6 Å². The van der Waals surface area contributed by atoms with Crippen LogP contribution in [0.1, 0.15) is 20.3 Å². The summed E-state index contributed by atoms with van der Waals surface area (Å²) in [6, 6.07) is 3.91. The number of carbonyl (C=O) groups is 2. The molecule has 8 heteroatoms. The lowest BCUT2D eigenvalue weighted by molar-refractivity contribution is -0.122. The van der Waals surface area contributed by atoms with Crippen molar-refractivity contribution in [1.82, 2.24) is 5.32 Å². The Morgan fingerprint density at radius 3 is 2.91 bits per heavy atom. The lowest BCUT2D eigenvalue weighted by Gasteiger charge is -2.08. The molecule has 1 aliphatic heterocycles. The Bertz CT molecular complexity index is 652. The van der Waals surface area contributed by atoms with E-state index in [0.717, 1.165) is 0 Å². The van der Waals surface area contributed by atoms with Crippen molar-refractivity contribution >= 4 is 46.0 Å². The molecule has 0 saturated carbocycles. The Morgan fingerprint density at radius 1 is 1.52 bits per heavy atom. The zero-order chi connectivity index (χ0) is 17.0. The highest BCUT2D eigenvalue weighted by Gasteiger charge is 2.32. The molecular weight excluding hydrogens is 341 g/mol. The average molecular weight is 358 g/mol. The number of anilines is 1. The summed E-state index contributed by atoms with van der Waals surface area (Å²) < 4.78 is 13.1. The number of amides is 2. The standard InChI is InChI=1S/C15H17ClFN3O2S/c1-8(2)7-18-15-20-14(22)12(23-15)6-13(21)19-9-3-4-11(17)10(16)5-9/h3-5,8,12H,6-7H2,1-2H3,(H,19,21)(H,18,20,22)/t12-/m0/s1. The molecule has 1 aromatic rings. The Balaban J connectivity index is 1.91. The van der Waals surface area contributed by atoms with Gasteiger partial charge in [0, 0.05) is 18.7 Å². The number of rotatable bonds is 5. The predicted octanol–water partition coefficient (Wildman–Crippen LogP) is 3.05. The topological polar surface area (TPSA) is 70.6 Å². The van der Waals surface area contributed by atoms with Crippen LogP contribution in [0.5, 0.6) is 0 Å². The predicted molar refractivity (Wildman–Crippen MR) is 91.3 cm³/mol. The summed E-state index contributed by atoms with van der Waals surface area (Å²) in [5.74, 6) is -0.734. The van der Waals surface area contributed by atoms with E-state index in [1.807, 2.05) is 13.8 Å². The molecule has 23 heavy (non-hydrogen) atoms. The summed E-state index contributed by atoms with van der Waals surface area (Å²) >= 11 is 6.91. The quantitative estimate of drug-likeness (QED) is 0.850. The van der Waals surface area contributed by atoms with Gasteiger partial charge in [0.1, 0.15) is 11.1 Å².